The van der Waals surface area contributed by atoms with Crippen molar-refractivity contribution in [2.24, 2.45) is 4.99 Å². The average Bonchev–Trinajstić information content (AvgIpc) is 3.05. The second-order valence-corrected chi connectivity index (χ2v) is 5.64. The van der Waals surface area contributed by atoms with Crippen molar-refractivity contribution >= 4 is 41.5 Å². The quantitative estimate of drug-likeness (QED) is 0.356. The second-order valence-electron chi connectivity index (χ2n) is 5.64. The Morgan fingerprint density at radius 3 is 2.62 bits per heavy atom. The lowest BCUT2D eigenvalue weighted by Gasteiger charge is -2.15. The van der Waals surface area contributed by atoms with Crippen LogP contribution in [0.1, 0.15) is 25.3 Å². The van der Waals surface area contributed by atoms with Crippen molar-refractivity contribution < 1.29 is 9.53 Å². The van der Waals surface area contributed by atoms with Crippen molar-refractivity contribution in [1.29, 1.82) is 0 Å². The molecule has 0 bridgehead atoms. The van der Waals surface area contributed by atoms with Crippen LogP contribution in [0.5, 0.6) is 0 Å². The van der Waals surface area contributed by atoms with Gasteiger partial charge in [-0.25, -0.2) is 0 Å². The summed E-state index contributed by atoms with van der Waals surface area (Å²) < 4.78 is 5.59. The van der Waals surface area contributed by atoms with Gasteiger partial charge in [-0.3, -0.25) is 9.79 Å². The van der Waals surface area contributed by atoms with Crippen LogP contribution in [-0.2, 0) is 16.0 Å². The first-order valence-corrected chi connectivity index (χ1v) is 8.10. The molecule has 0 aliphatic carbocycles. The molecule has 1 atom stereocenters. The van der Waals surface area contributed by atoms with Crippen molar-refractivity contribution in [3.8, 4) is 0 Å². The van der Waals surface area contributed by atoms with Gasteiger partial charge in [-0.15, -0.1) is 24.0 Å². The number of benzene rings is 1. The molecule has 134 valence electrons. The molecule has 1 aliphatic rings. The maximum absolute atomic E-state index is 11.0. The zero-order valence-electron chi connectivity index (χ0n) is 14.3. The molecule has 1 fully saturated rings. The molecule has 24 heavy (non-hydrogen) atoms. The normalized spacial score (nSPS) is 17.1. The molecule has 1 unspecified atom stereocenters. The summed E-state index contributed by atoms with van der Waals surface area (Å²) >= 11 is 0. The van der Waals surface area contributed by atoms with Gasteiger partial charge in [0, 0.05) is 39.4 Å². The van der Waals surface area contributed by atoms with Gasteiger partial charge < -0.3 is 20.7 Å². The van der Waals surface area contributed by atoms with Crippen LogP contribution in [-0.4, -0.2) is 44.7 Å². The summed E-state index contributed by atoms with van der Waals surface area (Å²) in [6, 6.07) is 7.88. The highest BCUT2D eigenvalue weighted by Gasteiger charge is 2.15. The van der Waals surface area contributed by atoms with Gasteiger partial charge in [-0.05, 0) is 37.0 Å². The summed E-state index contributed by atoms with van der Waals surface area (Å²) in [6.07, 6.45) is 3.45. The summed E-state index contributed by atoms with van der Waals surface area (Å²) in [4.78, 5) is 15.2. The third-order valence-corrected chi connectivity index (χ3v) is 3.73. The number of hydrogen-bond acceptors (Lipinski definition) is 3. The molecule has 2 rings (SSSR count). The smallest absolute Gasteiger partial charge is 0.221 e. The molecular weight excluding hydrogens is 419 g/mol. The number of nitrogens with one attached hydrogen (secondary N) is 3. The van der Waals surface area contributed by atoms with Crippen LogP contribution < -0.4 is 16.0 Å². The van der Waals surface area contributed by atoms with Crippen LogP contribution in [0.25, 0.3) is 0 Å². The molecule has 0 radical (unpaired) electrons. The van der Waals surface area contributed by atoms with Crippen molar-refractivity contribution in [1.82, 2.24) is 10.6 Å². The average molecular weight is 446 g/mol. The van der Waals surface area contributed by atoms with Gasteiger partial charge >= 0.3 is 0 Å². The predicted molar refractivity (Wildman–Crippen MR) is 108 cm³/mol. The first-order valence-electron chi connectivity index (χ1n) is 8.10. The van der Waals surface area contributed by atoms with Crippen molar-refractivity contribution in [3.05, 3.63) is 29.8 Å². The number of amides is 1. The first-order chi connectivity index (χ1) is 11.2. The Kier molecular flexibility index (Phi) is 9.70. The van der Waals surface area contributed by atoms with E-state index in [2.05, 4.69) is 20.9 Å². The molecule has 0 saturated carbocycles. The number of anilines is 1. The van der Waals surface area contributed by atoms with Crippen LogP contribution in [0.2, 0.25) is 0 Å². The Morgan fingerprint density at radius 2 is 2.04 bits per heavy atom. The van der Waals surface area contributed by atoms with E-state index < -0.39 is 0 Å². The first kappa shape index (κ1) is 20.7. The fourth-order valence-corrected chi connectivity index (χ4v) is 2.52. The highest BCUT2D eigenvalue weighted by Crippen LogP contribution is 2.11. The number of ether oxygens (including phenoxy) is 1. The Morgan fingerprint density at radius 1 is 1.29 bits per heavy atom. The zero-order valence-corrected chi connectivity index (χ0v) is 16.6. The highest BCUT2D eigenvalue weighted by atomic mass is 127. The predicted octanol–water partition coefficient (Wildman–Crippen LogP) is 2.15. The van der Waals surface area contributed by atoms with Gasteiger partial charge in [-0.1, -0.05) is 12.1 Å². The van der Waals surface area contributed by atoms with E-state index in [1.54, 1.807) is 7.05 Å². The van der Waals surface area contributed by atoms with Crippen LogP contribution in [0, 0.1) is 0 Å². The van der Waals surface area contributed by atoms with Crippen molar-refractivity contribution in [2.45, 2.75) is 32.3 Å². The molecule has 1 saturated heterocycles. The molecule has 1 heterocycles. The molecule has 0 aromatic heterocycles. The number of nitrogens with zero attached hydrogens (tertiary/aromatic N) is 1. The third kappa shape index (κ3) is 7.48. The van der Waals surface area contributed by atoms with E-state index in [1.807, 2.05) is 24.3 Å². The SMILES string of the molecule is CN=C(NCCc1ccc(NC(C)=O)cc1)NCC1CCCO1.I. The summed E-state index contributed by atoms with van der Waals surface area (Å²) in [5.41, 5.74) is 2.03. The largest absolute Gasteiger partial charge is 0.376 e. The maximum atomic E-state index is 11.0. The van der Waals surface area contributed by atoms with Crippen LogP contribution in [0.4, 0.5) is 5.69 Å². The van der Waals surface area contributed by atoms with E-state index in [1.165, 1.54) is 12.5 Å². The molecule has 1 aliphatic heterocycles. The maximum Gasteiger partial charge on any atom is 0.221 e. The lowest BCUT2D eigenvalue weighted by atomic mass is 10.1. The van der Waals surface area contributed by atoms with E-state index in [0.29, 0.717) is 6.10 Å². The highest BCUT2D eigenvalue weighted by molar-refractivity contribution is 14.0. The fraction of sp³-hybridized carbons (Fsp3) is 0.529. The number of carbonyl (C=O) groups excluding carboxylic acids is 1. The minimum absolute atomic E-state index is 0. The van der Waals surface area contributed by atoms with Gasteiger partial charge in [0.15, 0.2) is 5.96 Å². The monoisotopic (exact) mass is 446 g/mol. The van der Waals surface area contributed by atoms with E-state index in [4.69, 9.17) is 4.74 Å². The number of aliphatic imine (C=N–C) groups is 1. The van der Waals surface area contributed by atoms with Gasteiger partial charge in [-0.2, -0.15) is 0 Å². The number of hydrogen-bond donors (Lipinski definition) is 3. The van der Waals surface area contributed by atoms with Gasteiger partial charge in [0.25, 0.3) is 0 Å². The van der Waals surface area contributed by atoms with Crippen LogP contribution in [0.15, 0.2) is 29.3 Å². The van der Waals surface area contributed by atoms with Crippen molar-refractivity contribution in [3.63, 3.8) is 0 Å². The molecule has 7 heteroatoms. The zero-order chi connectivity index (χ0) is 16.5. The van der Waals surface area contributed by atoms with Gasteiger partial charge in [0.1, 0.15) is 0 Å². The summed E-state index contributed by atoms with van der Waals surface area (Å²) in [7, 11) is 1.77. The summed E-state index contributed by atoms with van der Waals surface area (Å²) in [6.45, 7) is 3.97. The number of carbonyl (C=O) groups is 1. The topological polar surface area (TPSA) is 74.8 Å². The minimum atomic E-state index is -0.0551. The second kappa shape index (κ2) is 11.2. The van der Waals surface area contributed by atoms with Gasteiger partial charge in [0.2, 0.25) is 5.91 Å². The Labute approximate surface area is 160 Å². The molecule has 3 N–H and O–H groups in total. The number of halogens is 1. The molecule has 1 aromatic rings. The molecule has 1 aromatic carbocycles. The summed E-state index contributed by atoms with van der Waals surface area (Å²) in [5, 5.41) is 9.36. The van der Waals surface area contributed by atoms with Crippen LogP contribution >= 0.6 is 24.0 Å². The Balaban J connectivity index is 0.00000288. The van der Waals surface area contributed by atoms with E-state index in [0.717, 1.165) is 50.6 Å². The molecule has 0 spiro atoms. The molecule has 6 nitrogen and oxygen atoms in total. The Hall–Kier alpha value is -1.35. The minimum Gasteiger partial charge on any atom is -0.376 e. The lowest BCUT2D eigenvalue weighted by Crippen LogP contribution is -2.41. The number of rotatable bonds is 6. The van der Waals surface area contributed by atoms with E-state index >= 15 is 0 Å². The van der Waals surface area contributed by atoms with E-state index in [-0.39, 0.29) is 29.9 Å². The lowest BCUT2D eigenvalue weighted by molar-refractivity contribution is -0.114. The number of guanidine groups is 1. The molecular formula is C17H27IN4O2. The third-order valence-electron chi connectivity index (χ3n) is 3.73. The van der Waals surface area contributed by atoms with Crippen LogP contribution in [0.3, 0.4) is 0 Å². The van der Waals surface area contributed by atoms with Crippen molar-refractivity contribution in [2.75, 3.05) is 32.1 Å². The van der Waals surface area contributed by atoms with E-state index in [9.17, 15) is 4.79 Å². The standard InChI is InChI=1S/C17H26N4O2.HI/c1-13(22)21-15-7-5-14(6-8-15)9-10-19-17(18-2)20-12-16-4-3-11-23-16;/h5-8,16H,3-4,9-12H2,1-2H3,(H,21,22)(H2,18,19,20);1H. The molecule has 1 amide bonds. The van der Waals surface area contributed by atoms with Gasteiger partial charge in [0.05, 0.1) is 6.10 Å². The summed E-state index contributed by atoms with van der Waals surface area (Å²) in [5.74, 6) is 0.746. The Bertz CT molecular complexity index is 528. The fourth-order valence-electron chi connectivity index (χ4n) is 2.52.